The lowest BCUT2D eigenvalue weighted by Crippen LogP contribution is -2.77. The molecule has 0 radical (unpaired) electrons. The third-order valence-corrected chi connectivity index (χ3v) is 3.68. The molecule has 1 aliphatic rings. The van der Waals surface area contributed by atoms with Gasteiger partial charge in [-0.15, -0.1) is 0 Å². The second kappa shape index (κ2) is 4.34. The molecule has 0 saturated carbocycles. The molecular formula is C10H18N2O6S. The van der Waals surface area contributed by atoms with Crippen molar-refractivity contribution in [3.8, 4) is 0 Å². The van der Waals surface area contributed by atoms with Crippen LogP contribution in [0.5, 0.6) is 0 Å². The quantitative estimate of drug-likeness (QED) is 0.559. The number of alkyl carbamates (subject to hydrolysis) is 1. The van der Waals surface area contributed by atoms with Gasteiger partial charge in [0.1, 0.15) is 11.6 Å². The summed E-state index contributed by atoms with van der Waals surface area (Å²) in [5, 5.41) is 2.29. The van der Waals surface area contributed by atoms with E-state index in [9.17, 15) is 18.0 Å². The number of hydrogen-bond donors (Lipinski definition) is 2. The van der Waals surface area contributed by atoms with Gasteiger partial charge in [-0.05, 0) is 34.6 Å². The molecule has 1 saturated heterocycles. The minimum Gasteiger partial charge on any atom is -0.444 e. The second-order valence-electron chi connectivity index (χ2n) is 5.81. The first-order chi connectivity index (χ1) is 8.27. The lowest BCUT2D eigenvalue weighted by molar-refractivity contribution is -0.149. The first-order valence-electron chi connectivity index (χ1n) is 5.58. The molecule has 2 N–H and O–H groups in total. The van der Waals surface area contributed by atoms with E-state index in [1.165, 1.54) is 13.8 Å². The van der Waals surface area contributed by atoms with E-state index in [1.54, 1.807) is 20.8 Å². The van der Waals surface area contributed by atoms with Gasteiger partial charge in [-0.25, -0.2) is 9.10 Å². The molecule has 9 heteroatoms. The minimum atomic E-state index is -4.64. The Bertz CT molecular complexity index is 505. The van der Waals surface area contributed by atoms with Crippen molar-refractivity contribution in [3.63, 3.8) is 0 Å². The topological polar surface area (TPSA) is 113 Å². The minimum absolute atomic E-state index is 0.321. The summed E-state index contributed by atoms with van der Waals surface area (Å²) in [4.78, 5) is 23.2. The molecule has 1 aliphatic heterocycles. The highest BCUT2D eigenvalue weighted by Gasteiger charge is 2.60. The highest BCUT2D eigenvalue weighted by atomic mass is 32.2. The van der Waals surface area contributed by atoms with Crippen LogP contribution in [-0.2, 0) is 19.8 Å². The summed E-state index contributed by atoms with van der Waals surface area (Å²) < 4.78 is 36.2. The fraction of sp³-hybridized carbons (Fsp3) is 0.800. The molecule has 0 aromatic rings. The van der Waals surface area contributed by atoms with Crippen LogP contribution in [0.4, 0.5) is 4.79 Å². The van der Waals surface area contributed by atoms with Crippen LogP contribution in [0.3, 0.4) is 0 Å². The summed E-state index contributed by atoms with van der Waals surface area (Å²) in [7, 11) is -4.64. The Hall–Kier alpha value is -1.35. The number of amides is 2. The average Bonchev–Trinajstić information content (AvgIpc) is 2.08. The van der Waals surface area contributed by atoms with Crippen LogP contribution < -0.4 is 5.32 Å². The molecule has 8 nitrogen and oxygen atoms in total. The molecule has 0 spiro atoms. The smallest absolute Gasteiger partial charge is 0.408 e. The lowest BCUT2D eigenvalue weighted by atomic mass is 9.85. The van der Waals surface area contributed by atoms with E-state index in [2.05, 4.69) is 5.32 Å². The largest absolute Gasteiger partial charge is 0.444 e. The van der Waals surface area contributed by atoms with Crippen molar-refractivity contribution in [3.05, 3.63) is 0 Å². The summed E-state index contributed by atoms with van der Waals surface area (Å²) in [5.74, 6) is -0.904. The van der Waals surface area contributed by atoms with E-state index in [4.69, 9.17) is 9.29 Å². The Morgan fingerprint density at radius 1 is 1.42 bits per heavy atom. The zero-order valence-corrected chi connectivity index (χ0v) is 12.2. The van der Waals surface area contributed by atoms with Crippen LogP contribution in [0.1, 0.15) is 34.6 Å². The van der Waals surface area contributed by atoms with Gasteiger partial charge in [0.15, 0.2) is 0 Å². The maximum atomic E-state index is 11.6. The number of rotatable bonds is 2. The maximum Gasteiger partial charge on any atom is 0.408 e. The normalized spacial score (nSPS) is 22.7. The Morgan fingerprint density at radius 3 is 2.21 bits per heavy atom. The molecule has 110 valence electrons. The van der Waals surface area contributed by atoms with E-state index in [0.717, 1.165) is 0 Å². The number of β-lactam (4-membered cyclic amide) rings is 1. The van der Waals surface area contributed by atoms with E-state index in [1.807, 2.05) is 0 Å². The summed E-state index contributed by atoms with van der Waals surface area (Å²) in [5.41, 5.74) is -1.98. The van der Waals surface area contributed by atoms with Gasteiger partial charge < -0.3 is 10.1 Å². The van der Waals surface area contributed by atoms with Gasteiger partial charge in [0.25, 0.3) is 5.91 Å². The van der Waals surface area contributed by atoms with Crippen molar-refractivity contribution in [2.45, 2.75) is 51.8 Å². The van der Waals surface area contributed by atoms with Gasteiger partial charge in [-0.1, -0.05) is 0 Å². The van der Waals surface area contributed by atoms with Crippen molar-refractivity contribution < 1.29 is 27.3 Å². The Morgan fingerprint density at radius 2 is 1.89 bits per heavy atom. The average molecular weight is 294 g/mol. The first-order valence-corrected chi connectivity index (χ1v) is 6.98. The van der Waals surface area contributed by atoms with Crippen molar-refractivity contribution in [2.75, 3.05) is 0 Å². The predicted molar refractivity (Wildman–Crippen MR) is 65.6 cm³/mol. The SMILES string of the molecule is CC(C)(C)OC(=O)N[C@@H]1C(=O)N(S(=O)(=O)O)C1(C)C. The predicted octanol–water partition coefficient (Wildman–Crippen LogP) is 0.303. The highest BCUT2D eigenvalue weighted by Crippen LogP contribution is 2.34. The molecular weight excluding hydrogens is 276 g/mol. The molecule has 1 fully saturated rings. The first kappa shape index (κ1) is 15.7. The molecule has 1 heterocycles. The zero-order chi connectivity index (χ0) is 15.2. The van der Waals surface area contributed by atoms with Crippen LogP contribution in [0, 0.1) is 0 Å². The van der Waals surface area contributed by atoms with Crippen molar-refractivity contribution in [2.24, 2.45) is 0 Å². The third kappa shape index (κ3) is 3.16. The van der Waals surface area contributed by atoms with Gasteiger partial charge in [-0.2, -0.15) is 8.42 Å². The standard InChI is InChI=1S/C10H18N2O6S/c1-9(2,3)18-8(14)11-6-7(13)12(10(6,4)5)19(15,16)17/h6H,1-5H3,(H,11,14)(H,15,16,17)/t6-/m1/s1. The number of carbonyl (C=O) groups is 2. The van der Waals surface area contributed by atoms with E-state index >= 15 is 0 Å². The molecule has 1 atom stereocenters. The van der Waals surface area contributed by atoms with Gasteiger partial charge in [0.2, 0.25) is 0 Å². The third-order valence-electron chi connectivity index (χ3n) is 2.57. The zero-order valence-electron chi connectivity index (χ0n) is 11.4. The summed E-state index contributed by atoms with van der Waals surface area (Å²) in [6.45, 7) is 7.79. The van der Waals surface area contributed by atoms with E-state index in [-0.39, 0.29) is 0 Å². The number of nitrogens with zero attached hydrogens (tertiary/aromatic N) is 1. The molecule has 0 aromatic heterocycles. The van der Waals surface area contributed by atoms with Crippen LogP contribution in [-0.4, -0.2) is 46.5 Å². The maximum absolute atomic E-state index is 11.6. The number of carbonyl (C=O) groups excluding carboxylic acids is 2. The van der Waals surface area contributed by atoms with Gasteiger partial charge in [0.05, 0.1) is 5.54 Å². The van der Waals surface area contributed by atoms with Crippen LogP contribution in [0.15, 0.2) is 0 Å². The van der Waals surface area contributed by atoms with Crippen LogP contribution in [0.2, 0.25) is 0 Å². The second-order valence-corrected chi connectivity index (χ2v) is 7.07. The van der Waals surface area contributed by atoms with Gasteiger partial charge in [-0.3, -0.25) is 9.35 Å². The monoisotopic (exact) mass is 294 g/mol. The lowest BCUT2D eigenvalue weighted by Gasteiger charge is -2.50. The Kier molecular flexibility index (Phi) is 3.59. The van der Waals surface area contributed by atoms with Crippen molar-refractivity contribution in [1.82, 2.24) is 9.62 Å². The molecule has 0 aromatic carbocycles. The summed E-state index contributed by atoms with van der Waals surface area (Å²) in [6.07, 6.45) is -0.825. The molecule has 19 heavy (non-hydrogen) atoms. The van der Waals surface area contributed by atoms with Crippen molar-refractivity contribution in [1.29, 1.82) is 0 Å². The van der Waals surface area contributed by atoms with Gasteiger partial charge >= 0.3 is 16.4 Å². The molecule has 0 unspecified atom stereocenters. The highest BCUT2D eigenvalue weighted by molar-refractivity contribution is 7.84. The van der Waals surface area contributed by atoms with Crippen LogP contribution in [0.25, 0.3) is 0 Å². The number of hydrogen-bond acceptors (Lipinski definition) is 5. The number of nitrogens with one attached hydrogen (secondary N) is 1. The van der Waals surface area contributed by atoms with Crippen molar-refractivity contribution >= 4 is 22.3 Å². The van der Waals surface area contributed by atoms with Crippen LogP contribution >= 0.6 is 0 Å². The Balaban J connectivity index is 2.79. The molecule has 2 amide bonds. The van der Waals surface area contributed by atoms with E-state index < -0.39 is 39.5 Å². The van der Waals surface area contributed by atoms with Gasteiger partial charge in [0, 0.05) is 0 Å². The fourth-order valence-corrected chi connectivity index (χ4v) is 2.86. The molecule has 0 bridgehead atoms. The molecule has 1 rings (SSSR count). The van der Waals surface area contributed by atoms with E-state index in [0.29, 0.717) is 4.31 Å². The summed E-state index contributed by atoms with van der Waals surface area (Å²) in [6, 6.07) is -1.07. The fourth-order valence-electron chi connectivity index (χ4n) is 1.83. The molecule has 0 aliphatic carbocycles. The Labute approximate surface area is 112 Å². The number of ether oxygens (including phenoxy) is 1. The summed E-state index contributed by atoms with van der Waals surface area (Å²) >= 11 is 0.